The van der Waals surface area contributed by atoms with Gasteiger partial charge in [-0.2, -0.15) is 0 Å². The molecule has 0 aliphatic rings. The van der Waals surface area contributed by atoms with Gasteiger partial charge in [-0.15, -0.1) is 0 Å². The van der Waals surface area contributed by atoms with Crippen LogP contribution in [0.15, 0.2) is 0 Å². The fraction of sp³-hybridized carbons (Fsp3) is 0.857. The van der Waals surface area contributed by atoms with Crippen LogP contribution in [0.2, 0.25) is 0 Å². The number of nitrogens with zero attached hydrogens (tertiary/aromatic N) is 1. The Balaban J connectivity index is 3.38. The zero-order valence-corrected chi connectivity index (χ0v) is 6.76. The van der Waals surface area contributed by atoms with Gasteiger partial charge in [-0.25, -0.2) is 5.01 Å². The van der Waals surface area contributed by atoms with Crippen molar-refractivity contribution in [3.63, 3.8) is 0 Å². The lowest BCUT2D eigenvalue weighted by Crippen LogP contribution is -2.38. The van der Waals surface area contributed by atoms with E-state index in [-0.39, 0.29) is 0 Å². The van der Waals surface area contributed by atoms with Crippen molar-refractivity contribution in [1.82, 2.24) is 10.4 Å². The molecule has 0 bridgehead atoms. The van der Waals surface area contributed by atoms with Gasteiger partial charge >= 0.3 is 0 Å². The monoisotopic (exact) mass is 144 g/mol. The molecule has 3 nitrogen and oxygen atoms in total. The minimum atomic E-state index is 0.728. The number of carbonyl (C=O) groups excluding carboxylic acids is 1. The van der Waals surface area contributed by atoms with E-state index in [1.54, 1.807) is 0 Å². The highest BCUT2D eigenvalue weighted by atomic mass is 16.1. The van der Waals surface area contributed by atoms with Crippen molar-refractivity contribution in [2.45, 2.75) is 26.7 Å². The molecule has 0 saturated heterocycles. The van der Waals surface area contributed by atoms with Crippen molar-refractivity contribution in [2.75, 3.05) is 13.1 Å². The molecule has 0 unspecified atom stereocenters. The number of carbonyl (C=O) groups is 1. The molecule has 0 saturated carbocycles. The summed E-state index contributed by atoms with van der Waals surface area (Å²) >= 11 is 0. The molecule has 1 amide bonds. The van der Waals surface area contributed by atoms with E-state index in [1.165, 1.54) is 0 Å². The molecule has 3 heteroatoms. The lowest BCUT2D eigenvalue weighted by molar-refractivity contribution is -0.113. The van der Waals surface area contributed by atoms with Crippen molar-refractivity contribution in [3.05, 3.63) is 0 Å². The summed E-state index contributed by atoms with van der Waals surface area (Å²) in [6, 6.07) is 0. The summed E-state index contributed by atoms with van der Waals surface area (Å²) in [5, 5.41) is 1.92. The van der Waals surface area contributed by atoms with E-state index in [1.807, 2.05) is 5.01 Å². The topological polar surface area (TPSA) is 32.3 Å². The predicted octanol–water partition coefficient (Wildman–Crippen LogP) is 0.769. The molecule has 0 fully saturated rings. The van der Waals surface area contributed by atoms with Gasteiger partial charge in [0.25, 0.3) is 0 Å². The van der Waals surface area contributed by atoms with Crippen LogP contribution >= 0.6 is 0 Å². The third kappa shape index (κ3) is 4.32. The third-order valence-corrected chi connectivity index (χ3v) is 1.22. The molecule has 0 aromatic carbocycles. The summed E-state index contributed by atoms with van der Waals surface area (Å²) in [6.45, 7) is 6.06. The molecule has 0 aromatic rings. The first-order chi connectivity index (χ1) is 4.85. The van der Waals surface area contributed by atoms with E-state index in [4.69, 9.17) is 0 Å². The molecule has 0 aliphatic heterocycles. The Kier molecular flexibility index (Phi) is 6.18. The maximum Gasteiger partial charge on any atom is 0.221 e. The fourth-order valence-electron chi connectivity index (χ4n) is 0.855. The normalized spacial score (nSPS) is 9.90. The van der Waals surface area contributed by atoms with Gasteiger partial charge in [0.05, 0.1) is 0 Å². The van der Waals surface area contributed by atoms with Crippen LogP contribution < -0.4 is 5.43 Å². The van der Waals surface area contributed by atoms with Gasteiger partial charge in [0, 0.05) is 13.1 Å². The van der Waals surface area contributed by atoms with Crippen molar-refractivity contribution in [1.29, 1.82) is 0 Å². The first-order valence-corrected chi connectivity index (χ1v) is 3.79. The van der Waals surface area contributed by atoms with Crippen LogP contribution in [0.4, 0.5) is 0 Å². The minimum absolute atomic E-state index is 0.728. The Morgan fingerprint density at radius 3 is 2.10 bits per heavy atom. The van der Waals surface area contributed by atoms with E-state index in [9.17, 15) is 4.79 Å². The Hall–Kier alpha value is -0.570. The molecule has 0 rings (SSSR count). The summed E-state index contributed by atoms with van der Waals surface area (Å²) in [4.78, 5) is 10.0. The first kappa shape index (κ1) is 9.43. The molecule has 1 N–H and O–H groups in total. The molecule has 10 heavy (non-hydrogen) atoms. The van der Waals surface area contributed by atoms with E-state index >= 15 is 0 Å². The van der Waals surface area contributed by atoms with Gasteiger partial charge < -0.3 is 0 Å². The van der Waals surface area contributed by atoms with Gasteiger partial charge in [0.1, 0.15) is 0 Å². The van der Waals surface area contributed by atoms with Crippen LogP contribution in [0.1, 0.15) is 26.7 Å². The van der Waals surface area contributed by atoms with Crippen LogP contribution in [-0.2, 0) is 4.79 Å². The first-order valence-electron chi connectivity index (χ1n) is 3.79. The Bertz CT molecular complexity index is 79.7. The van der Waals surface area contributed by atoms with E-state index in [0.29, 0.717) is 0 Å². The molecule has 0 heterocycles. The standard InChI is InChI=1S/C7H16N2O/c1-3-5-9(6-4-2)8-7-10/h7H,3-6H2,1-2H3,(H,8,10). The highest BCUT2D eigenvalue weighted by molar-refractivity contribution is 5.44. The number of hydrazine groups is 1. The molecule has 0 aliphatic carbocycles. The number of rotatable bonds is 6. The Morgan fingerprint density at radius 2 is 1.80 bits per heavy atom. The number of nitrogens with one attached hydrogen (secondary N) is 1. The summed E-state index contributed by atoms with van der Waals surface area (Å²) in [6.07, 6.45) is 2.87. The van der Waals surface area contributed by atoms with Crippen molar-refractivity contribution in [2.24, 2.45) is 0 Å². The second-order valence-electron chi connectivity index (χ2n) is 2.23. The van der Waals surface area contributed by atoms with Crippen LogP contribution in [0.5, 0.6) is 0 Å². The Labute approximate surface area is 62.4 Å². The maximum atomic E-state index is 10.0. The zero-order valence-electron chi connectivity index (χ0n) is 6.76. The molecule has 0 radical (unpaired) electrons. The number of amides is 1. The van der Waals surface area contributed by atoms with Crippen molar-refractivity contribution >= 4 is 6.41 Å². The van der Waals surface area contributed by atoms with E-state index in [2.05, 4.69) is 19.3 Å². The van der Waals surface area contributed by atoms with Gasteiger partial charge in [0.15, 0.2) is 0 Å². The summed E-state index contributed by atoms with van der Waals surface area (Å²) in [5.74, 6) is 0. The fourth-order valence-corrected chi connectivity index (χ4v) is 0.855. The molecular weight excluding hydrogens is 128 g/mol. The highest BCUT2D eigenvalue weighted by Crippen LogP contribution is 1.87. The summed E-state index contributed by atoms with van der Waals surface area (Å²) in [5.41, 5.74) is 2.64. The summed E-state index contributed by atoms with van der Waals surface area (Å²) < 4.78 is 0. The SMILES string of the molecule is CCCN(CCC)NC=O. The van der Waals surface area contributed by atoms with Gasteiger partial charge in [0.2, 0.25) is 6.41 Å². The van der Waals surface area contributed by atoms with E-state index in [0.717, 1.165) is 32.3 Å². The van der Waals surface area contributed by atoms with Crippen LogP contribution in [-0.4, -0.2) is 24.5 Å². The lowest BCUT2D eigenvalue weighted by atomic mass is 10.4. The highest BCUT2D eigenvalue weighted by Gasteiger charge is 1.97. The maximum absolute atomic E-state index is 10.0. The Morgan fingerprint density at radius 1 is 1.30 bits per heavy atom. The molecule has 0 spiro atoms. The van der Waals surface area contributed by atoms with Crippen LogP contribution in [0.3, 0.4) is 0 Å². The molecule has 60 valence electrons. The smallest absolute Gasteiger partial charge is 0.221 e. The second-order valence-corrected chi connectivity index (χ2v) is 2.23. The molecular formula is C7H16N2O. The molecule has 0 atom stereocenters. The average Bonchev–Trinajstić information content (AvgIpc) is 1.90. The van der Waals surface area contributed by atoms with Crippen molar-refractivity contribution in [3.8, 4) is 0 Å². The number of hydrogen-bond acceptors (Lipinski definition) is 2. The third-order valence-electron chi connectivity index (χ3n) is 1.22. The van der Waals surface area contributed by atoms with Crippen molar-refractivity contribution < 1.29 is 4.79 Å². The second kappa shape index (κ2) is 6.55. The van der Waals surface area contributed by atoms with E-state index < -0.39 is 0 Å². The predicted molar refractivity (Wildman–Crippen MR) is 41.4 cm³/mol. The van der Waals surface area contributed by atoms with Gasteiger partial charge in [-0.3, -0.25) is 10.2 Å². The lowest BCUT2D eigenvalue weighted by Gasteiger charge is -2.18. The number of hydrogen-bond donors (Lipinski definition) is 1. The van der Waals surface area contributed by atoms with Gasteiger partial charge in [-0.1, -0.05) is 13.8 Å². The van der Waals surface area contributed by atoms with Crippen LogP contribution in [0, 0.1) is 0 Å². The largest absolute Gasteiger partial charge is 0.292 e. The van der Waals surface area contributed by atoms with Crippen LogP contribution in [0.25, 0.3) is 0 Å². The molecule has 0 aromatic heterocycles. The zero-order chi connectivity index (χ0) is 7.82. The quantitative estimate of drug-likeness (QED) is 0.441. The van der Waals surface area contributed by atoms with Gasteiger partial charge in [-0.05, 0) is 12.8 Å². The average molecular weight is 144 g/mol. The summed E-state index contributed by atoms with van der Waals surface area (Å²) in [7, 11) is 0. The minimum Gasteiger partial charge on any atom is -0.292 e.